The average Bonchev–Trinajstić information content (AvgIpc) is 2.83. The SMILES string of the molecule is Cc1nc(C2CCCCN2C(=O)CCc2ccc(F)cc2)ncc1C(=O)N1CCCCC1. The normalized spacial score (nSPS) is 19.1. The second-order valence-electron chi connectivity index (χ2n) is 8.81. The molecule has 170 valence electrons. The van der Waals surface area contributed by atoms with Gasteiger partial charge in [0.25, 0.3) is 5.91 Å². The zero-order chi connectivity index (χ0) is 22.5. The van der Waals surface area contributed by atoms with Gasteiger partial charge in [0, 0.05) is 32.3 Å². The van der Waals surface area contributed by atoms with Crippen LogP contribution in [0.2, 0.25) is 0 Å². The number of rotatable bonds is 5. The number of benzene rings is 1. The van der Waals surface area contributed by atoms with Crippen molar-refractivity contribution in [2.45, 2.75) is 64.3 Å². The summed E-state index contributed by atoms with van der Waals surface area (Å²) in [6, 6.07) is 6.13. The molecule has 2 amide bonds. The molecule has 6 nitrogen and oxygen atoms in total. The number of aromatic nitrogens is 2. The maximum Gasteiger partial charge on any atom is 0.257 e. The van der Waals surface area contributed by atoms with Crippen molar-refractivity contribution in [1.29, 1.82) is 0 Å². The Kier molecular flexibility index (Phi) is 7.12. The van der Waals surface area contributed by atoms with E-state index in [9.17, 15) is 14.0 Å². The van der Waals surface area contributed by atoms with Gasteiger partial charge >= 0.3 is 0 Å². The lowest BCUT2D eigenvalue weighted by molar-refractivity contribution is -0.135. The average molecular weight is 439 g/mol. The first-order valence-corrected chi connectivity index (χ1v) is 11.7. The molecular formula is C25H31FN4O2. The van der Waals surface area contributed by atoms with E-state index in [1.165, 1.54) is 18.6 Å². The van der Waals surface area contributed by atoms with Gasteiger partial charge in [-0.15, -0.1) is 0 Å². The van der Waals surface area contributed by atoms with Gasteiger partial charge in [-0.2, -0.15) is 0 Å². The molecule has 32 heavy (non-hydrogen) atoms. The summed E-state index contributed by atoms with van der Waals surface area (Å²) in [5.41, 5.74) is 2.18. The molecule has 2 saturated heterocycles. The van der Waals surface area contributed by atoms with E-state index in [0.717, 1.165) is 50.8 Å². The fourth-order valence-electron chi connectivity index (χ4n) is 4.67. The summed E-state index contributed by atoms with van der Waals surface area (Å²) in [7, 11) is 0. The number of carbonyl (C=O) groups excluding carboxylic acids is 2. The lowest BCUT2D eigenvalue weighted by Gasteiger charge is -2.35. The highest BCUT2D eigenvalue weighted by Gasteiger charge is 2.30. The summed E-state index contributed by atoms with van der Waals surface area (Å²) in [5.74, 6) is 0.414. The van der Waals surface area contributed by atoms with E-state index in [4.69, 9.17) is 0 Å². The van der Waals surface area contributed by atoms with E-state index < -0.39 is 0 Å². The van der Waals surface area contributed by atoms with Gasteiger partial charge in [0.2, 0.25) is 5.91 Å². The molecule has 7 heteroatoms. The number of likely N-dealkylation sites (tertiary alicyclic amines) is 2. The Balaban J connectivity index is 1.45. The summed E-state index contributed by atoms with van der Waals surface area (Å²) >= 11 is 0. The molecule has 1 aromatic carbocycles. The lowest BCUT2D eigenvalue weighted by atomic mass is 9.99. The third-order valence-electron chi connectivity index (χ3n) is 6.53. The molecule has 2 aliphatic rings. The van der Waals surface area contributed by atoms with Crippen molar-refractivity contribution in [3.63, 3.8) is 0 Å². The van der Waals surface area contributed by atoms with Gasteiger partial charge in [-0.25, -0.2) is 14.4 Å². The van der Waals surface area contributed by atoms with Crippen LogP contribution in [0.3, 0.4) is 0 Å². The number of aryl methyl sites for hydroxylation is 2. The first-order valence-electron chi connectivity index (χ1n) is 11.7. The van der Waals surface area contributed by atoms with Gasteiger partial charge in [-0.05, 0) is 69.6 Å². The molecule has 0 bridgehead atoms. The number of piperidine rings is 2. The molecule has 1 aromatic heterocycles. The number of halogens is 1. The highest BCUT2D eigenvalue weighted by Crippen LogP contribution is 2.30. The number of nitrogens with zero attached hydrogens (tertiary/aromatic N) is 4. The van der Waals surface area contributed by atoms with Crippen LogP contribution in [0, 0.1) is 12.7 Å². The van der Waals surface area contributed by atoms with Gasteiger partial charge in [0.15, 0.2) is 5.82 Å². The standard InChI is InChI=1S/C25H31FN4O2/c1-18-21(25(32)29-14-4-2-5-15-29)17-27-24(28-18)22-7-3-6-16-30(22)23(31)13-10-19-8-11-20(26)12-9-19/h8-9,11-12,17,22H,2-7,10,13-16H2,1H3. The summed E-state index contributed by atoms with van der Waals surface area (Å²) in [6.07, 6.45) is 8.64. The maximum atomic E-state index is 13.1. The van der Waals surface area contributed by atoms with Crippen molar-refractivity contribution < 1.29 is 14.0 Å². The van der Waals surface area contributed by atoms with Crippen molar-refractivity contribution in [3.8, 4) is 0 Å². The fourth-order valence-corrected chi connectivity index (χ4v) is 4.67. The zero-order valence-corrected chi connectivity index (χ0v) is 18.7. The number of hydrogen-bond acceptors (Lipinski definition) is 4. The molecule has 0 N–H and O–H groups in total. The van der Waals surface area contributed by atoms with E-state index in [1.807, 2.05) is 16.7 Å². The molecule has 1 atom stereocenters. The summed E-state index contributed by atoms with van der Waals surface area (Å²) < 4.78 is 13.1. The van der Waals surface area contributed by atoms with Crippen LogP contribution >= 0.6 is 0 Å². The zero-order valence-electron chi connectivity index (χ0n) is 18.7. The van der Waals surface area contributed by atoms with Gasteiger partial charge in [0.1, 0.15) is 5.82 Å². The van der Waals surface area contributed by atoms with Crippen LogP contribution in [0.1, 0.15) is 78.4 Å². The highest BCUT2D eigenvalue weighted by molar-refractivity contribution is 5.95. The topological polar surface area (TPSA) is 66.4 Å². The van der Waals surface area contributed by atoms with Gasteiger partial charge < -0.3 is 9.80 Å². The molecular weight excluding hydrogens is 407 g/mol. The van der Waals surface area contributed by atoms with Crippen LogP contribution in [0.5, 0.6) is 0 Å². The second-order valence-corrected chi connectivity index (χ2v) is 8.81. The Hall–Kier alpha value is -2.83. The molecule has 0 saturated carbocycles. The molecule has 3 heterocycles. The van der Waals surface area contributed by atoms with Crippen molar-refractivity contribution in [1.82, 2.24) is 19.8 Å². The minimum absolute atomic E-state index is 0.00428. The predicted octanol–water partition coefficient (Wildman–Crippen LogP) is 4.24. The van der Waals surface area contributed by atoms with Crippen molar-refractivity contribution in [2.24, 2.45) is 0 Å². The third kappa shape index (κ3) is 5.14. The number of amides is 2. The van der Waals surface area contributed by atoms with E-state index in [0.29, 0.717) is 36.5 Å². The van der Waals surface area contributed by atoms with E-state index in [2.05, 4.69) is 9.97 Å². The first-order chi connectivity index (χ1) is 15.5. The molecule has 2 aromatic rings. The number of hydrogen-bond donors (Lipinski definition) is 0. The predicted molar refractivity (Wildman–Crippen MR) is 120 cm³/mol. The largest absolute Gasteiger partial charge is 0.339 e. The Labute approximate surface area is 188 Å². The van der Waals surface area contributed by atoms with Crippen LogP contribution in [-0.4, -0.2) is 51.2 Å². The van der Waals surface area contributed by atoms with E-state index in [1.54, 1.807) is 18.3 Å². The van der Waals surface area contributed by atoms with Crippen LogP contribution in [-0.2, 0) is 11.2 Å². The smallest absolute Gasteiger partial charge is 0.257 e. The quantitative estimate of drug-likeness (QED) is 0.701. The third-order valence-corrected chi connectivity index (χ3v) is 6.53. The molecule has 2 aliphatic heterocycles. The molecule has 2 fully saturated rings. The Bertz CT molecular complexity index is 957. The van der Waals surface area contributed by atoms with Gasteiger partial charge in [-0.1, -0.05) is 12.1 Å². The number of carbonyl (C=O) groups is 2. The minimum Gasteiger partial charge on any atom is -0.339 e. The van der Waals surface area contributed by atoms with Crippen LogP contribution in [0.15, 0.2) is 30.5 Å². The van der Waals surface area contributed by atoms with Crippen LogP contribution in [0.4, 0.5) is 4.39 Å². The molecule has 4 rings (SSSR count). The van der Waals surface area contributed by atoms with Crippen molar-refractivity contribution >= 4 is 11.8 Å². The van der Waals surface area contributed by atoms with E-state index >= 15 is 0 Å². The Morgan fingerprint density at radius 2 is 1.75 bits per heavy atom. The lowest BCUT2D eigenvalue weighted by Crippen LogP contribution is -2.40. The molecule has 0 radical (unpaired) electrons. The maximum absolute atomic E-state index is 13.1. The minimum atomic E-state index is -0.272. The fraction of sp³-hybridized carbons (Fsp3) is 0.520. The van der Waals surface area contributed by atoms with Gasteiger partial charge in [0.05, 0.1) is 17.3 Å². The Morgan fingerprint density at radius 1 is 1.03 bits per heavy atom. The van der Waals surface area contributed by atoms with E-state index in [-0.39, 0.29) is 23.7 Å². The van der Waals surface area contributed by atoms with Crippen molar-refractivity contribution in [3.05, 3.63) is 58.9 Å². The second kappa shape index (κ2) is 10.2. The van der Waals surface area contributed by atoms with Crippen LogP contribution < -0.4 is 0 Å². The van der Waals surface area contributed by atoms with Gasteiger partial charge in [-0.3, -0.25) is 9.59 Å². The monoisotopic (exact) mass is 438 g/mol. The molecule has 1 unspecified atom stereocenters. The summed E-state index contributed by atoms with van der Waals surface area (Å²) in [4.78, 5) is 38.9. The molecule has 0 spiro atoms. The van der Waals surface area contributed by atoms with Crippen LogP contribution in [0.25, 0.3) is 0 Å². The molecule has 0 aliphatic carbocycles. The Morgan fingerprint density at radius 3 is 2.47 bits per heavy atom. The highest BCUT2D eigenvalue weighted by atomic mass is 19.1. The summed E-state index contributed by atoms with van der Waals surface area (Å²) in [6.45, 7) is 4.12. The van der Waals surface area contributed by atoms with Crippen molar-refractivity contribution in [2.75, 3.05) is 19.6 Å². The summed E-state index contributed by atoms with van der Waals surface area (Å²) in [5, 5.41) is 0. The first kappa shape index (κ1) is 22.4.